The monoisotopic (exact) mass is 358 g/mol. The maximum atomic E-state index is 10.7. The molecule has 19 heavy (non-hydrogen) atoms. The van der Waals surface area contributed by atoms with Crippen molar-refractivity contribution in [2.24, 2.45) is 0 Å². The van der Waals surface area contributed by atoms with Gasteiger partial charge in [-0.2, -0.15) is 8.42 Å². The van der Waals surface area contributed by atoms with Crippen molar-refractivity contribution in [2.45, 2.75) is 61.9 Å². The van der Waals surface area contributed by atoms with E-state index in [1.807, 2.05) is 6.92 Å². The van der Waals surface area contributed by atoms with E-state index in [1.54, 1.807) is 6.92 Å². The number of hydrogen-bond donors (Lipinski definition) is 1. The summed E-state index contributed by atoms with van der Waals surface area (Å²) < 4.78 is 49.7. The first-order valence-corrected chi connectivity index (χ1v) is 9.70. The average Bonchev–Trinajstić information content (AvgIpc) is 3.11. The smallest absolute Gasteiger partial charge is 1.00 e. The van der Waals surface area contributed by atoms with Crippen LogP contribution in [0.25, 0.3) is 0 Å². The van der Waals surface area contributed by atoms with Crippen molar-refractivity contribution in [1.29, 1.82) is 0 Å². The molecule has 0 aromatic heterocycles. The van der Waals surface area contributed by atoms with E-state index in [0.717, 1.165) is 12.8 Å². The Morgan fingerprint density at radius 1 is 1.00 bits per heavy atom. The molecule has 0 aromatic carbocycles. The van der Waals surface area contributed by atoms with E-state index in [1.165, 1.54) is 0 Å². The van der Waals surface area contributed by atoms with Gasteiger partial charge in [-0.3, -0.25) is 4.55 Å². The molecule has 0 aliphatic heterocycles. The Hall–Kier alpha value is 1.79. The van der Waals surface area contributed by atoms with E-state index >= 15 is 0 Å². The minimum absolute atomic E-state index is 0. The molecule has 5 nitrogen and oxygen atoms in total. The number of halogens is 1. The normalized spacial score (nSPS) is 22.5. The van der Waals surface area contributed by atoms with Crippen LogP contribution >= 0.6 is 10.7 Å². The summed E-state index contributed by atoms with van der Waals surface area (Å²) in [4.78, 5) is 0. The third-order valence-corrected chi connectivity index (χ3v) is 8.47. The van der Waals surface area contributed by atoms with Crippen molar-refractivity contribution in [3.8, 4) is 0 Å². The molecule has 0 spiro atoms. The Labute approximate surface area is 163 Å². The van der Waals surface area contributed by atoms with E-state index in [0.29, 0.717) is 25.7 Å². The van der Waals surface area contributed by atoms with Crippen LogP contribution in [0.3, 0.4) is 0 Å². The molecule has 2 fully saturated rings. The molecule has 0 aromatic rings. The van der Waals surface area contributed by atoms with Gasteiger partial charge in [-0.15, -0.1) is 0 Å². The summed E-state index contributed by atoms with van der Waals surface area (Å²) in [7, 11) is -1.85. The number of rotatable bonds is 4. The van der Waals surface area contributed by atoms with Gasteiger partial charge < -0.3 is 1.43 Å². The van der Waals surface area contributed by atoms with Crippen molar-refractivity contribution in [2.75, 3.05) is 0 Å². The third kappa shape index (κ3) is 4.89. The van der Waals surface area contributed by atoms with Gasteiger partial charge in [0.2, 0.25) is 9.05 Å². The summed E-state index contributed by atoms with van der Waals surface area (Å²) in [6, 6.07) is 0. The van der Waals surface area contributed by atoms with Crippen LogP contribution in [0.4, 0.5) is 0 Å². The zero-order valence-electron chi connectivity index (χ0n) is 12.5. The van der Waals surface area contributed by atoms with Gasteiger partial charge in [-0.25, -0.2) is 8.42 Å². The van der Waals surface area contributed by atoms with Crippen LogP contribution in [0.5, 0.6) is 0 Å². The molecule has 9 heteroatoms. The van der Waals surface area contributed by atoms with E-state index in [2.05, 4.69) is 0 Å². The van der Waals surface area contributed by atoms with Crippen molar-refractivity contribution < 1.29 is 74.2 Å². The van der Waals surface area contributed by atoms with Crippen LogP contribution in [0.2, 0.25) is 0 Å². The van der Waals surface area contributed by atoms with Crippen molar-refractivity contribution in [1.82, 2.24) is 0 Å². The van der Waals surface area contributed by atoms with Gasteiger partial charge in [0, 0.05) is 10.7 Å². The molecule has 2 aliphatic carbocycles. The molecular weight excluding hydrogens is 339 g/mol. The van der Waals surface area contributed by atoms with Gasteiger partial charge in [-0.1, -0.05) is 13.8 Å². The molecule has 0 bridgehead atoms. The summed E-state index contributed by atoms with van der Waals surface area (Å²) in [5.41, 5.74) is 0. The molecular formula is C10H20ClKO5S2. The minimum atomic E-state index is -3.74. The first-order chi connectivity index (χ1) is 8.04. The number of hydrogen-bond acceptors (Lipinski definition) is 4. The Morgan fingerprint density at radius 3 is 1.32 bits per heavy atom. The molecule has 0 atom stereocenters. The molecule has 0 saturated heterocycles. The van der Waals surface area contributed by atoms with Gasteiger partial charge in [-0.05, 0) is 38.5 Å². The van der Waals surface area contributed by atoms with Crippen molar-refractivity contribution >= 4 is 29.9 Å². The predicted molar refractivity (Wildman–Crippen MR) is 71.9 cm³/mol. The van der Waals surface area contributed by atoms with Crippen LogP contribution in [0.15, 0.2) is 0 Å². The van der Waals surface area contributed by atoms with Crippen LogP contribution in [0, 0.1) is 0 Å². The quantitative estimate of drug-likeness (QED) is 0.413. The van der Waals surface area contributed by atoms with Crippen LogP contribution in [-0.4, -0.2) is 30.9 Å². The summed E-state index contributed by atoms with van der Waals surface area (Å²) in [6.07, 6.45) is 3.93. The first-order valence-electron chi connectivity index (χ1n) is 5.95. The summed E-state index contributed by atoms with van der Waals surface area (Å²) in [6.45, 7) is 3.63. The summed E-state index contributed by atoms with van der Waals surface area (Å²) in [5, 5.41) is 0. The van der Waals surface area contributed by atoms with Gasteiger partial charge >= 0.3 is 51.4 Å². The molecule has 0 unspecified atom stereocenters. The fourth-order valence-corrected chi connectivity index (χ4v) is 4.55. The van der Waals surface area contributed by atoms with E-state index in [4.69, 9.17) is 15.2 Å². The summed E-state index contributed by atoms with van der Waals surface area (Å²) >= 11 is 0. The van der Waals surface area contributed by atoms with Gasteiger partial charge in [0.15, 0.2) is 0 Å². The first kappa shape index (κ1) is 20.8. The molecule has 0 amide bonds. The van der Waals surface area contributed by atoms with Gasteiger partial charge in [0.05, 0.1) is 9.49 Å². The Kier molecular flexibility index (Phi) is 7.56. The standard InChI is InChI=1S/C5H9ClO2S.C5H10O3S.K.H/c2*1-2-5(3-4-5)9(6,7)8;;/h2-4H2,1H3;2-4H2,1H3,(H,6,7,8);;/q;;+1;-1. The topological polar surface area (TPSA) is 88.5 Å². The second kappa shape index (κ2) is 6.91. The van der Waals surface area contributed by atoms with Gasteiger partial charge in [0.25, 0.3) is 10.1 Å². The second-order valence-electron chi connectivity index (χ2n) is 4.99. The van der Waals surface area contributed by atoms with Crippen LogP contribution in [0.1, 0.15) is 53.8 Å². The Balaban J connectivity index is 0. The Morgan fingerprint density at radius 2 is 1.32 bits per heavy atom. The van der Waals surface area contributed by atoms with E-state index in [-0.39, 0.29) is 52.8 Å². The maximum Gasteiger partial charge on any atom is 1.00 e. The zero-order chi connectivity index (χ0) is 14.2. The van der Waals surface area contributed by atoms with E-state index in [9.17, 15) is 16.8 Å². The van der Waals surface area contributed by atoms with Crippen LogP contribution in [-0.2, 0) is 19.2 Å². The SMILES string of the molecule is CCC1(S(=O)(=O)Cl)CC1.CCC1(S(=O)(=O)O)CC1.[H-].[K+]. The molecule has 0 heterocycles. The molecule has 110 valence electrons. The maximum absolute atomic E-state index is 10.7. The summed E-state index contributed by atoms with van der Waals surface area (Å²) in [5.74, 6) is 0. The molecule has 2 aliphatic rings. The molecule has 2 rings (SSSR count). The van der Waals surface area contributed by atoms with Crippen molar-refractivity contribution in [3.63, 3.8) is 0 Å². The van der Waals surface area contributed by atoms with Crippen LogP contribution < -0.4 is 51.4 Å². The molecule has 0 radical (unpaired) electrons. The van der Waals surface area contributed by atoms with Crippen molar-refractivity contribution in [3.05, 3.63) is 0 Å². The fraction of sp³-hybridized carbons (Fsp3) is 1.00. The largest absolute Gasteiger partial charge is 1.00 e. The fourth-order valence-electron chi connectivity index (χ4n) is 1.84. The average molecular weight is 359 g/mol. The predicted octanol–water partition coefficient (Wildman–Crippen LogP) is -0.569. The molecule has 1 N–H and O–H groups in total. The van der Waals surface area contributed by atoms with Gasteiger partial charge in [0.1, 0.15) is 0 Å². The third-order valence-electron chi connectivity index (χ3n) is 3.97. The molecule has 2 saturated carbocycles. The second-order valence-corrected chi connectivity index (χ2v) is 9.76. The zero-order valence-corrected chi connectivity index (χ0v) is 17.0. The minimum Gasteiger partial charge on any atom is -1.00 e. The Bertz CT molecular complexity index is 464. The van der Waals surface area contributed by atoms with E-state index < -0.39 is 28.7 Å².